The molecule has 0 bridgehead atoms. The molecule has 56 heavy (non-hydrogen) atoms. The second-order valence-electron chi connectivity index (χ2n) is 14.1. The molecule has 8 aromatic carbocycles. The maximum absolute atomic E-state index is 6.57. The summed E-state index contributed by atoms with van der Waals surface area (Å²) in [5.41, 5.74) is 14.6. The van der Waals surface area contributed by atoms with Gasteiger partial charge in [0.1, 0.15) is 11.2 Å². The van der Waals surface area contributed by atoms with Crippen molar-refractivity contribution in [1.82, 2.24) is 15.0 Å². The first-order chi connectivity index (χ1) is 27.6. The van der Waals surface area contributed by atoms with E-state index < -0.39 is 0 Å². The van der Waals surface area contributed by atoms with E-state index in [1.54, 1.807) is 0 Å². The minimum atomic E-state index is 0.579. The summed E-state index contributed by atoms with van der Waals surface area (Å²) in [5.74, 6) is 1.80. The molecular weight excluding hydrogens is 683 g/mol. The molecule has 0 saturated heterocycles. The zero-order chi connectivity index (χ0) is 37.4. The van der Waals surface area contributed by atoms with Crippen molar-refractivity contribution in [3.63, 3.8) is 0 Å². The third-order valence-corrected chi connectivity index (χ3v) is 10.4. The molecule has 0 unspecified atom stereocenters. The molecule has 0 amide bonds. The Labute approximate surface area is 325 Å². The van der Waals surface area contributed by atoms with E-state index in [1.807, 2.05) is 24.3 Å². The van der Waals surface area contributed by atoms with Gasteiger partial charge in [0.15, 0.2) is 17.5 Å². The van der Waals surface area contributed by atoms with E-state index >= 15 is 0 Å². The molecule has 0 aliphatic carbocycles. The van der Waals surface area contributed by atoms with E-state index in [0.717, 1.165) is 72.0 Å². The maximum atomic E-state index is 6.57. The first kappa shape index (κ1) is 33.2. The fourth-order valence-electron chi connectivity index (χ4n) is 7.62. The Morgan fingerprint density at radius 1 is 0.321 bits per heavy atom. The van der Waals surface area contributed by atoms with Crippen LogP contribution in [0.15, 0.2) is 199 Å². The third kappa shape index (κ3) is 6.23. The minimum Gasteiger partial charge on any atom is -0.456 e. The molecule has 0 saturated carbocycles. The predicted molar refractivity (Wildman–Crippen MR) is 230 cm³/mol. The molecule has 0 aliphatic heterocycles. The fourth-order valence-corrected chi connectivity index (χ4v) is 7.62. The first-order valence-electron chi connectivity index (χ1n) is 18.8. The number of rotatable bonds is 7. The summed E-state index contributed by atoms with van der Waals surface area (Å²) in [7, 11) is 0. The molecule has 0 N–H and O–H groups in total. The summed E-state index contributed by atoms with van der Waals surface area (Å²) in [6.07, 6.45) is 0. The van der Waals surface area contributed by atoms with Crippen molar-refractivity contribution < 1.29 is 4.42 Å². The highest BCUT2D eigenvalue weighted by atomic mass is 16.3. The van der Waals surface area contributed by atoms with Crippen molar-refractivity contribution in [2.45, 2.75) is 6.92 Å². The second kappa shape index (κ2) is 14.1. The normalized spacial score (nSPS) is 11.3. The van der Waals surface area contributed by atoms with Crippen molar-refractivity contribution in [3.8, 4) is 78.7 Å². The zero-order valence-corrected chi connectivity index (χ0v) is 30.7. The van der Waals surface area contributed by atoms with Crippen molar-refractivity contribution in [3.05, 3.63) is 200 Å². The topological polar surface area (TPSA) is 51.8 Å². The van der Waals surface area contributed by atoms with Crippen LogP contribution in [0, 0.1) is 6.92 Å². The molecule has 0 radical (unpaired) electrons. The van der Waals surface area contributed by atoms with Crippen molar-refractivity contribution in [1.29, 1.82) is 0 Å². The molecule has 2 aromatic heterocycles. The van der Waals surface area contributed by atoms with Crippen LogP contribution in [0.1, 0.15) is 5.56 Å². The van der Waals surface area contributed by atoms with Crippen LogP contribution in [0.25, 0.3) is 101 Å². The van der Waals surface area contributed by atoms with Crippen molar-refractivity contribution in [2.75, 3.05) is 0 Å². The van der Waals surface area contributed by atoms with Crippen LogP contribution < -0.4 is 0 Å². The zero-order valence-electron chi connectivity index (χ0n) is 30.7. The van der Waals surface area contributed by atoms with Gasteiger partial charge in [-0.3, -0.25) is 0 Å². The number of hydrogen-bond donors (Lipinski definition) is 0. The summed E-state index contributed by atoms with van der Waals surface area (Å²) in [6.45, 7) is 2.11. The monoisotopic (exact) mass is 717 g/mol. The van der Waals surface area contributed by atoms with Gasteiger partial charge in [0.25, 0.3) is 0 Å². The molecule has 10 rings (SSSR count). The van der Waals surface area contributed by atoms with Gasteiger partial charge in [-0.05, 0) is 69.6 Å². The van der Waals surface area contributed by atoms with Gasteiger partial charge in [-0.2, -0.15) is 0 Å². The van der Waals surface area contributed by atoms with Crippen LogP contribution >= 0.6 is 0 Å². The Bertz CT molecular complexity index is 3000. The molecule has 0 spiro atoms. The summed E-state index contributed by atoms with van der Waals surface area (Å²) in [6, 6.07) is 67.5. The predicted octanol–water partition coefficient (Wildman–Crippen LogP) is 13.7. The van der Waals surface area contributed by atoms with Gasteiger partial charge in [0, 0.05) is 27.5 Å². The summed E-state index contributed by atoms with van der Waals surface area (Å²) >= 11 is 0. The average Bonchev–Trinajstić information content (AvgIpc) is 3.65. The fraction of sp³-hybridized carbons (Fsp3) is 0.0192. The number of fused-ring (bicyclic) bond motifs is 3. The highest BCUT2D eigenvalue weighted by molar-refractivity contribution is 6.13. The average molecular weight is 718 g/mol. The van der Waals surface area contributed by atoms with E-state index in [9.17, 15) is 0 Å². The van der Waals surface area contributed by atoms with Gasteiger partial charge >= 0.3 is 0 Å². The molecule has 4 heteroatoms. The smallest absolute Gasteiger partial charge is 0.164 e. The van der Waals surface area contributed by atoms with Crippen LogP contribution in [0.4, 0.5) is 0 Å². The van der Waals surface area contributed by atoms with Gasteiger partial charge in [-0.15, -0.1) is 0 Å². The quantitative estimate of drug-likeness (QED) is 0.165. The summed E-state index contributed by atoms with van der Waals surface area (Å²) < 4.78 is 6.57. The Morgan fingerprint density at radius 2 is 0.821 bits per heavy atom. The SMILES string of the molecule is Cc1cccc(-c2ccccc2-c2nc(-c3ccc(-c4ccccc4)cc3)nc(-c3ccc4c(c3)oc3cccc(-c5ccc(-c6ccccc6)cc5)c34)n2)c1. The van der Waals surface area contributed by atoms with Crippen LogP contribution in [0.3, 0.4) is 0 Å². The standard InChI is InChI=1S/C52H35N3O/c1-34-12-10-17-41(32-34)43-18-8-9-19-45(43)52-54-50(40-28-24-38(25-29-40)36-15-6-3-7-16-36)53-51(55-52)42-30-31-46-48(33-42)56-47-21-11-20-44(49(46)47)39-26-22-37(23-27-39)35-13-4-2-5-14-35/h2-33H,1H3. The molecule has 2 heterocycles. The van der Waals surface area contributed by atoms with Gasteiger partial charge in [-0.1, -0.05) is 181 Å². The second-order valence-corrected chi connectivity index (χ2v) is 14.1. The van der Waals surface area contributed by atoms with Crippen molar-refractivity contribution >= 4 is 21.9 Å². The highest BCUT2D eigenvalue weighted by Crippen LogP contribution is 2.39. The van der Waals surface area contributed by atoms with Crippen LogP contribution in [-0.4, -0.2) is 15.0 Å². The Morgan fingerprint density at radius 3 is 1.50 bits per heavy atom. The van der Waals surface area contributed by atoms with Crippen LogP contribution in [-0.2, 0) is 0 Å². The number of nitrogens with zero attached hydrogens (tertiary/aromatic N) is 3. The van der Waals surface area contributed by atoms with Gasteiger partial charge in [0.05, 0.1) is 0 Å². The van der Waals surface area contributed by atoms with E-state index in [4.69, 9.17) is 19.4 Å². The number of aromatic nitrogens is 3. The summed E-state index contributed by atoms with van der Waals surface area (Å²) in [5, 5.41) is 2.13. The van der Waals surface area contributed by atoms with Crippen LogP contribution in [0.2, 0.25) is 0 Å². The van der Waals surface area contributed by atoms with Gasteiger partial charge in [0.2, 0.25) is 0 Å². The molecule has 0 atom stereocenters. The van der Waals surface area contributed by atoms with Gasteiger partial charge < -0.3 is 4.42 Å². The van der Waals surface area contributed by atoms with E-state index in [-0.39, 0.29) is 0 Å². The number of aryl methyl sites for hydroxylation is 1. The number of hydrogen-bond acceptors (Lipinski definition) is 4. The molecule has 264 valence electrons. The van der Waals surface area contributed by atoms with E-state index in [2.05, 4.69) is 177 Å². The first-order valence-corrected chi connectivity index (χ1v) is 18.8. The lowest BCUT2D eigenvalue weighted by Gasteiger charge is -2.12. The number of furan rings is 1. The molecule has 4 nitrogen and oxygen atoms in total. The largest absolute Gasteiger partial charge is 0.456 e. The number of benzene rings is 8. The molecular formula is C52H35N3O. The van der Waals surface area contributed by atoms with Gasteiger partial charge in [-0.25, -0.2) is 15.0 Å². The lowest BCUT2D eigenvalue weighted by atomic mass is 9.96. The lowest BCUT2D eigenvalue weighted by molar-refractivity contribution is 0.669. The van der Waals surface area contributed by atoms with E-state index in [1.165, 1.54) is 16.7 Å². The van der Waals surface area contributed by atoms with Crippen LogP contribution in [0.5, 0.6) is 0 Å². The molecule has 0 fully saturated rings. The Hall–Kier alpha value is -7.43. The summed E-state index contributed by atoms with van der Waals surface area (Å²) in [4.78, 5) is 15.4. The molecule has 10 aromatic rings. The maximum Gasteiger partial charge on any atom is 0.164 e. The highest BCUT2D eigenvalue weighted by Gasteiger charge is 2.18. The third-order valence-electron chi connectivity index (χ3n) is 10.4. The Kier molecular flexibility index (Phi) is 8.34. The minimum absolute atomic E-state index is 0.579. The van der Waals surface area contributed by atoms with E-state index in [0.29, 0.717) is 17.5 Å². The molecule has 0 aliphatic rings. The Balaban J connectivity index is 1.09. The lowest BCUT2D eigenvalue weighted by Crippen LogP contribution is -2.01. The van der Waals surface area contributed by atoms with Crippen molar-refractivity contribution in [2.24, 2.45) is 0 Å².